The highest BCUT2D eigenvalue weighted by molar-refractivity contribution is 7.87. The minimum Gasteiger partial charge on any atom is -0.388 e. The molecule has 0 aromatic heterocycles. The molecular formula is C24H24O7S2. The molecule has 0 amide bonds. The van der Waals surface area contributed by atoms with Crippen molar-refractivity contribution in [3.8, 4) is 11.5 Å². The fourth-order valence-corrected chi connectivity index (χ4v) is 4.77. The first-order chi connectivity index (χ1) is 15.5. The molecule has 0 radical (unpaired) electrons. The van der Waals surface area contributed by atoms with Crippen molar-refractivity contribution in [3.63, 3.8) is 0 Å². The zero-order valence-electron chi connectivity index (χ0n) is 18.1. The summed E-state index contributed by atoms with van der Waals surface area (Å²) in [4.78, 5) is -0.214. The van der Waals surface area contributed by atoms with Gasteiger partial charge in [0.05, 0.1) is 6.10 Å². The fourth-order valence-electron chi connectivity index (χ4n) is 2.90. The van der Waals surface area contributed by atoms with Crippen LogP contribution in [0, 0.1) is 13.8 Å². The van der Waals surface area contributed by atoms with E-state index in [1.807, 2.05) is 13.8 Å². The van der Waals surface area contributed by atoms with Gasteiger partial charge < -0.3 is 13.5 Å². The van der Waals surface area contributed by atoms with Gasteiger partial charge in [0.1, 0.15) is 9.79 Å². The van der Waals surface area contributed by atoms with Crippen LogP contribution in [0.2, 0.25) is 0 Å². The number of benzene rings is 3. The van der Waals surface area contributed by atoms with E-state index in [4.69, 9.17) is 8.37 Å². The third-order valence-electron chi connectivity index (χ3n) is 4.76. The number of rotatable bonds is 9. The van der Waals surface area contributed by atoms with Crippen LogP contribution in [-0.2, 0) is 20.2 Å². The summed E-state index contributed by atoms with van der Waals surface area (Å²) in [6, 6.07) is 15.9. The van der Waals surface area contributed by atoms with Crippen molar-refractivity contribution in [2.75, 3.05) is 0 Å². The van der Waals surface area contributed by atoms with Gasteiger partial charge in [0, 0.05) is 0 Å². The molecule has 1 atom stereocenters. The van der Waals surface area contributed by atoms with Gasteiger partial charge in [-0.1, -0.05) is 47.5 Å². The highest BCUT2D eigenvalue weighted by atomic mass is 32.2. The van der Waals surface area contributed by atoms with Crippen molar-refractivity contribution in [2.24, 2.45) is 0 Å². The Hall–Kier alpha value is -3.14. The van der Waals surface area contributed by atoms with E-state index in [9.17, 15) is 21.9 Å². The highest BCUT2D eigenvalue weighted by Gasteiger charge is 2.24. The predicted octanol–water partition coefficient (Wildman–Crippen LogP) is 4.45. The van der Waals surface area contributed by atoms with Gasteiger partial charge in [-0.3, -0.25) is 0 Å². The average Bonchev–Trinajstić information content (AvgIpc) is 2.75. The lowest BCUT2D eigenvalue weighted by Crippen LogP contribution is -2.14. The van der Waals surface area contributed by atoms with E-state index in [2.05, 4.69) is 6.58 Å². The molecule has 33 heavy (non-hydrogen) atoms. The summed E-state index contributed by atoms with van der Waals surface area (Å²) in [5.74, 6) is -0.701. The summed E-state index contributed by atoms with van der Waals surface area (Å²) in [5.41, 5.74) is 2.03. The Bertz CT molecular complexity index is 1340. The minimum atomic E-state index is -4.31. The minimum absolute atomic E-state index is 0.101. The molecule has 0 aliphatic rings. The molecule has 0 bridgehead atoms. The topological polar surface area (TPSA) is 107 Å². The largest absolute Gasteiger partial charge is 0.388 e. The molecule has 0 heterocycles. The highest BCUT2D eigenvalue weighted by Crippen LogP contribution is 2.35. The van der Waals surface area contributed by atoms with E-state index in [0.29, 0.717) is 5.56 Å². The van der Waals surface area contributed by atoms with Crippen LogP contribution in [0.25, 0.3) is 0 Å². The molecule has 3 aromatic rings. The van der Waals surface area contributed by atoms with Crippen LogP contribution in [0.3, 0.4) is 0 Å². The molecule has 3 rings (SSSR count). The van der Waals surface area contributed by atoms with Crippen LogP contribution < -0.4 is 8.37 Å². The molecule has 0 saturated heterocycles. The molecule has 9 heteroatoms. The van der Waals surface area contributed by atoms with Crippen molar-refractivity contribution >= 4 is 20.2 Å². The molecular weight excluding hydrogens is 464 g/mol. The van der Waals surface area contributed by atoms with Gasteiger partial charge in [-0.05, 0) is 62.2 Å². The second kappa shape index (κ2) is 9.78. The number of hydrogen-bond donors (Lipinski definition) is 1. The number of aliphatic hydroxyl groups excluding tert-OH is 1. The second-order valence-electron chi connectivity index (χ2n) is 7.45. The average molecular weight is 489 g/mol. The van der Waals surface area contributed by atoms with Gasteiger partial charge in [0.2, 0.25) is 0 Å². The summed E-state index contributed by atoms with van der Waals surface area (Å²) in [7, 11) is -8.59. The van der Waals surface area contributed by atoms with Gasteiger partial charge in [-0.25, -0.2) is 0 Å². The SMILES string of the molecule is C=CC[C@H](O)c1ccc(OS(=O)(=O)c2ccc(C)cc2)c(OS(=O)(=O)c2ccc(C)cc2)c1. The quantitative estimate of drug-likeness (QED) is 0.350. The van der Waals surface area contributed by atoms with Crippen LogP contribution in [-0.4, -0.2) is 21.9 Å². The van der Waals surface area contributed by atoms with Crippen molar-refractivity contribution in [3.05, 3.63) is 96.1 Å². The standard InChI is InChI=1S/C24H24O7S2/c1-4-5-22(25)19-10-15-23(30-32(26,27)20-11-6-17(2)7-12-20)24(16-19)31-33(28,29)21-13-8-18(3)9-14-21/h4,6-16,22,25H,1,5H2,2-3H3/t22-/m0/s1. The lowest BCUT2D eigenvalue weighted by Gasteiger charge is -2.16. The van der Waals surface area contributed by atoms with Crippen LogP contribution in [0.5, 0.6) is 11.5 Å². The number of aliphatic hydroxyl groups is 1. The van der Waals surface area contributed by atoms with Gasteiger partial charge in [-0.2, -0.15) is 16.8 Å². The lowest BCUT2D eigenvalue weighted by molar-refractivity contribution is 0.181. The van der Waals surface area contributed by atoms with Crippen molar-refractivity contribution in [2.45, 2.75) is 36.2 Å². The van der Waals surface area contributed by atoms with Crippen LogP contribution >= 0.6 is 0 Å². The molecule has 1 N–H and O–H groups in total. The molecule has 0 aliphatic carbocycles. The summed E-state index contributed by atoms with van der Waals surface area (Å²) >= 11 is 0. The van der Waals surface area contributed by atoms with Gasteiger partial charge in [0.25, 0.3) is 0 Å². The Balaban J connectivity index is 2.03. The zero-order chi connectivity index (χ0) is 24.2. The third-order valence-corrected chi connectivity index (χ3v) is 7.26. The molecule has 0 aliphatic heterocycles. The van der Waals surface area contributed by atoms with Crippen LogP contribution in [0.15, 0.2) is 89.2 Å². The molecule has 0 unspecified atom stereocenters. The second-order valence-corrected chi connectivity index (χ2v) is 10.5. The van der Waals surface area contributed by atoms with E-state index in [1.165, 1.54) is 48.5 Å². The van der Waals surface area contributed by atoms with Crippen molar-refractivity contribution in [1.29, 1.82) is 0 Å². The van der Waals surface area contributed by atoms with Crippen LogP contribution in [0.4, 0.5) is 0 Å². The number of hydrogen-bond acceptors (Lipinski definition) is 7. The Morgan fingerprint density at radius 3 is 1.70 bits per heavy atom. The maximum Gasteiger partial charge on any atom is 0.339 e. The molecule has 0 fully saturated rings. The van der Waals surface area contributed by atoms with E-state index >= 15 is 0 Å². The Kier molecular flexibility index (Phi) is 7.26. The summed E-state index contributed by atoms with van der Waals surface area (Å²) in [6.07, 6.45) is 0.710. The summed E-state index contributed by atoms with van der Waals surface area (Å²) in [5, 5.41) is 10.3. The predicted molar refractivity (Wildman–Crippen MR) is 124 cm³/mol. The van der Waals surface area contributed by atoms with E-state index in [0.717, 1.165) is 11.1 Å². The summed E-state index contributed by atoms with van der Waals surface area (Å²) < 4.78 is 61.7. The van der Waals surface area contributed by atoms with Gasteiger partial charge in [-0.15, -0.1) is 6.58 Å². The maximum absolute atomic E-state index is 12.8. The van der Waals surface area contributed by atoms with Crippen LogP contribution in [0.1, 0.15) is 29.2 Å². The van der Waals surface area contributed by atoms with E-state index in [-0.39, 0.29) is 27.7 Å². The molecule has 0 saturated carbocycles. The van der Waals surface area contributed by atoms with Gasteiger partial charge >= 0.3 is 20.2 Å². The first-order valence-corrected chi connectivity index (χ1v) is 12.8. The Morgan fingerprint density at radius 2 is 1.24 bits per heavy atom. The smallest absolute Gasteiger partial charge is 0.339 e. The monoisotopic (exact) mass is 488 g/mol. The normalized spacial score (nSPS) is 12.7. The molecule has 0 spiro atoms. The maximum atomic E-state index is 12.8. The first-order valence-electron chi connectivity index (χ1n) is 9.97. The fraction of sp³-hybridized carbons (Fsp3) is 0.167. The van der Waals surface area contributed by atoms with Crippen molar-refractivity contribution in [1.82, 2.24) is 0 Å². The lowest BCUT2D eigenvalue weighted by atomic mass is 10.1. The first kappa shape index (κ1) is 24.5. The third kappa shape index (κ3) is 6.01. The zero-order valence-corrected chi connectivity index (χ0v) is 19.8. The Morgan fingerprint density at radius 1 is 0.788 bits per heavy atom. The van der Waals surface area contributed by atoms with Gasteiger partial charge in [0.15, 0.2) is 11.5 Å². The molecule has 7 nitrogen and oxygen atoms in total. The van der Waals surface area contributed by atoms with E-state index in [1.54, 1.807) is 24.3 Å². The summed E-state index contributed by atoms with van der Waals surface area (Å²) in [6.45, 7) is 7.19. The Labute approximate surface area is 194 Å². The van der Waals surface area contributed by atoms with Crippen molar-refractivity contribution < 1.29 is 30.3 Å². The number of aryl methyl sites for hydroxylation is 2. The molecule has 3 aromatic carbocycles. The van der Waals surface area contributed by atoms with E-state index < -0.39 is 26.3 Å². The molecule has 174 valence electrons.